The van der Waals surface area contributed by atoms with Crippen molar-refractivity contribution in [3.05, 3.63) is 84.8 Å². The molecule has 0 radical (unpaired) electrons. The molecule has 5 rings (SSSR count). The van der Waals surface area contributed by atoms with Gasteiger partial charge in [0.15, 0.2) is 11.6 Å². The lowest BCUT2D eigenvalue weighted by Gasteiger charge is -2.43. The Balaban J connectivity index is 1.70. The Morgan fingerprint density at radius 3 is 1.95 bits per heavy atom. The highest BCUT2D eigenvalue weighted by Crippen LogP contribution is 2.55. The molecule has 0 aromatic heterocycles. The fraction of sp³-hybridized carbons (Fsp3) is 0.400. The number of carbonyl (C=O) groups excluding carboxylic acids is 2. The van der Waals surface area contributed by atoms with Crippen LogP contribution in [0.2, 0.25) is 0 Å². The number of hydrogen-bond donors (Lipinski definition) is 0. The summed E-state index contributed by atoms with van der Waals surface area (Å²) in [5.41, 5.74) is -1.76. The van der Waals surface area contributed by atoms with Crippen LogP contribution in [0.15, 0.2) is 63.5 Å². The number of ketones is 2. The van der Waals surface area contributed by atoms with E-state index in [1.807, 2.05) is 27.7 Å². The third kappa shape index (κ3) is 5.56. The summed E-state index contributed by atoms with van der Waals surface area (Å²) in [4.78, 5) is 38.1. The van der Waals surface area contributed by atoms with Gasteiger partial charge in [-0.05, 0) is 41.2 Å². The first kappa shape index (κ1) is 29.0. The minimum atomic E-state index is -4.79. The van der Waals surface area contributed by atoms with E-state index in [9.17, 15) is 32.9 Å². The van der Waals surface area contributed by atoms with Crippen LogP contribution in [-0.4, -0.2) is 16.5 Å². The quantitative estimate of drug-likeness (QED) is 0.247. The molecule has 0 bridgehead atoms. The van der Waals surface area contributed by atoms with Crippen LogP contribution >= 0.6 is 15.9 Å². The van der Waals surface area contributed by atoms with Crippen LogP contribution < -0.4 is 4.74 Å². The largest absolute Gasteiger partial charge is 0.465 e. The Labute approximate surface area is 242 Å². The number of nitro benzene ring substituents is 1. The third-order valence-electron chi connectivity index (χ3n) is 7.57. The molecule has 0 atom stereocenters. The lowest BCUT2D eigenvalue weighted by Crippen LogP contribution is -2.37. The lowest BCUT2D eigenvalue weighted by molar-refractivity contribution is -0.385. The standard InChI is InChI=1S/C30H27BrF3NO6/c1-28(2)11-19(36)26-23(13-28)41-24-14-29(3,4)12-20(37)27(24)25(26)17-10-16(31)6-8-21(17)40-22-7-5-15(30(32,33)34)9-18(22)35(38)39/h5-10,25H,11-14H2,1-4H3. The van der Waals surface area contributed by atoms with Gasteiger partial charge in [-0.2, -0.15) is 13.2 Å². The molecular weight excluding hydrogens is 607 g/mol. The van der Waals surface area contributed by atoms with Crippen LogP contribution in [0.1, 0.15) is 70.4 Å². The van der Waals surface area contributed by atoms with Crippen LogP contribution in [0.25, 0.3) is 0 Å². The number of Topliss-reactive ketones (excluding diaryl/α,β-unsaturated/α-hetero) is 2. The number of hydrogen-bond acceptors (Lipinski definition) is 6. The van der Waals surface area contributed by atoms with Crippen LogP contribution in [0.4, 0.5) is 18.9 Å². The molecule has 1 aliphatic heterocycles. The average molecular weight is 634 g/mol. The zero-order valence-electron chi connectivity index (χ0n) is 22.8. The van der Waals surface area contributed by atoms with Crippen molar-refractivity contribution >= 4 is 33.2 Å². The Bertz CT molecular complexity index is 1520. The maximum atomic E-state index is 13.6. The molecule has 2 aromatic carbocycles. The molecular formula is C30H27BrF3NO6. The van der Waals surface area contributed by atoms with E-state index in [1.54, 1.807) is 12.1 Å². The molecule has 0 fully saturated rings. The number of halogens is 4. The monoisotopic (exact) mass is 633 g/mol. The van der Waals surface area contributed by atoms with Crippen molar-refractivity contribution in [2.24, 2.45) is 10.8 Å². The van der Waals surface area contributed by atoms with Crippen LogP contribution in [0.3, 0.4) is 0 Å². The smallest absolute Gasteiger partial charge is 0.416 e. The highest BCUT2D eigenvalue weighted by Gasteiger charge is 2.48. The van der Waals surface area contributed by atoms with Crippen molar-refractivity contribution in [1.29, 1.82) is 0 Å². The molecule has 0 N–H and O–H groups in total. The van der Waals surface area contributed by atoms with Crippen molar-refractivity contribution < 1.29 is 37.2 Å². The predicted octanol–water partition coefficient (Wildman–Crippen LogP) is 8.57. The third-order valence-corrected chi connectivity index (χ3v) is 8.06. The maximum Gasteiger partial charge on any atom is 0.416 e. The second-order valence-electron chi connectivity index (χ2n) is 12.3. The van der Waals surface area contributed by atoms with Crippen LogP contribution in [0, 0.1) is 20.9 Å². The van der Waals surface area contributed by atoms with Gasteiger partial charge in [0.05, 0.1) is 16.4 Å². The summed E-state index contributed by atoms with van der Waals surface area (Å²) in [6, 6.07) is 6.80. The molecule has 3 aliphatic rings. The van der Waals surface area contributed by atoms with Crippen molar-refractivity contribution in [1.82, 2.24) is 0 Å². The van der Waals surface area contributed by atoms with E-state index in [4.69, 9.17) is 9.47 Å². The summed E-state index contributed by atoms with van der Waals surface area (Å²) in [5.74, 6) is -0.624. The fourth-order valence-electron chi connectivity index (χ4n) is 5.86. The number of rotatable bonds is 4. The lowest BCUT2D eigenvalue weighted by atomic mass is 9.65. The minimum absolute atomic E-state index is 0.0666. The van der Waals surface area contributed by atoms with Gasteiger partial charge in [-0.15, -0.1) is 0 Å². The Morgan fingerprint density at radius 1 is 0.902 bits per heavy atom. The molecule has 2 aromatic rings. The summed E-state index contributed by atoms with van der Waals surface area (Å²) in [7, 11) is 0. The summed E-state index contributed by atoms with van der Waals surface area (Å²) >= 11 is 3.44. The molecule has 0 spiro atoms. The molecule has 0 saturated heterocycles. The van der Waals surface area contributed by atoms with Crippen molar-refractivity contribution in [2.45, 2.75) is 65.5 Å². The summed E-state index contributed by atoms with van der Waals surface area (Å²) in [6.07, 6.45) is -3.41. The van der Waals surface area contributed by atoms with E-state index in [0.29, 0.717) is 57.7 Å². The summed E-state index contributed by atoms with van der Waals surface area (Å²) < 4.78 is 52.7. The Kier molecular flexibility index (Phi) is 6.95. The predicted molar refractivity (Wildman–Crippen MR) is 146 cm³/mol. The van der Waals surface area contributed by atoms with Crippen molar-refractivity contribution in [3.63, 3.8) is 0 Å². The second kappa shape index (κ2) is 9.82. The normalized spacial score (nSPS) is 20.4. The zero-order valence-corrected chi connectivity index (χ0v) is 24.4. The van der Waals surface area contributed by atoms with E-state index in [-0.39, 0.29) is 41.0 Å². The van der Waals surface area contributed by atoms with Crippen molar-refractivity contribution in [2.75, 3.05) is 0 Å². The first-order chi connectivity index (χ1) is 19.0. The first-order valence-electron chi connectivity index (χ1n) is 13.0. The molecule has 0 unspecified atom stereocenters. The maximum absolute atomic E-state index is 13.6. The number of alkyl halides is 3. The number of carbonyl (C=O) groups is 2. The minimum Gasteiger partial charge on any atom is -0.465 e. The van der Waals surface area contributed by atoms with Gasteiger partial charge in [0.25, 0.3) is 0 Å². The van der Waals surface area contributed by atoms with Gasteiger partial charge in [0.1, 0.15) is 17.3 Å². The molecule has 41 heavy (non-hydrogen) atoms. The molecule has 216 valence electrons. The second-order valence-corrected chi connectivity index (χ2v) is 13.2. The highest BCUT2D eigenvalue weighted by molar-refractivity contribution is 9.10. The fourth-order valence-corrected chi connectivity index (χ4v) is 6.24. The van der Waals surface area contributed by atoms with Gasteiger partial charge in [0.2, 0.25) is 5.75 Å². The molecule has 0 amide bonds. The number of benzene rings is 2. The van der Waals surface area contributed by atoms with E-state index >= 15 is 0 Å². The Morgan fingerprint density at radius 2 is 1.44 bits per heavy atom. The number of nitrogens with zero attached hydrogens (tertiary/aromatic N) is 1. The van der Waals surface area contributed by atoms with E-state index in [0.717, 1.165) is 6.07 Å². The average Bonchev–Trinajstić information content (AvgIpc) is 2.81. The first-order valence-corrected chi connectivity index (χ1v) is 13.8. The van der Waals surface area contributed by atoms with Gasteiger partial charge in [-0.1, -0.05) is 43.6 Å². The van der Waals surface area contributed by atoms with E-state index < -0.39 is 34.0 Å². The molecule has 2 aliphatic carbocycles. The molecule has 11 heteroatoms. The number of ether oxygens (including phenoxy) is 2. The number of allylic oxidation sites excluding steroid dienone is 4. The van der Waals surface area contributed by atoms with Gasteiger partial charge in [0, 0.05) is 52.9 Å². The zero-order chi connectivity index (χ0) is 30.1. The van der Waals surface area contributed by atoms with Crippen LogP contribution in [0.5, 0.6) is 11.5 Å². The summed E-state index contributed by atoms with van der Waals surface area (Å²) in [5, 5.41) is 11.7. The van der Waals surface area contributed by atoms with Gasteiger partial charge in [-0.3, -0.25) is 19.7 Å². The van der Waals surface area contributed by atoms with Crippen LogP contribution in [-0.2, 0) is 20.5 Å². The summed E-state index contributed by atoms with van der Waals surface area (Å²) in [6.45, 7) is 7.85. The van der Waals surface area contributed by atoms with Gasteiger partial charge >= 0.3 is 11.9 Å². The van der Waals surface area contributed by atoms with Gasteiger partial charge in [-0.25, -0.2) is 0 Å². The van der Waals surface area contributed by atoms with E-state index in [2.05, 4.69) is 15.9 Å². The Hall–Kier alpha value is -3.47. The molecule has 7 nitrogen and oxygen atoms in total. The van der Waals surface area contributed by atoms with E-state index in [1.165, 1.54) is 6.07 Å². The topological polar surface area (TPSA) is 95.7 Å². The van der Waals surface area contributed by atoms with Gasteiger partial charge < -0.3 is 9.47 Å². The van der Waals surface area contributed by atoms with Crippen molar-refractivity contribution in [3.8, 4) is 11.5 Å². The molecule has 1 heterocycles. The highest BCUT2D eigenvalue weighted by atomic mass is 79.9. The number of nitro groups is 1. The molecule has 0 saturated carbocycles. The SMILES string of the molecule is CC1(C)CC(=O)C2=C(C1)OC1=C(C(=O)CC(C)(C)C1)C2c1cc(Br)ccc1Oc1ccc(C(F)(F)F)cc1[N+](=O)[O-].